The molecule has 0 fully saturated rings. The summed E-state index contributed by atoms with van der Waals surface area (Å²) in [4.78, 5) is 0.242. The Hall–Kier alpha value is -1.07. The number of hydrogen-bond donors (Lipinski definition) is 1. The van der Waals surface area contributed by atoms with E-state index in [-0.39, 0.29) is 11.5 Å². The molecule has 1 aromatic carbocycles. The third-order valence-corrected chi connectivity index (χ3v) is 3.17. The van der Waals surface area contributed by atoms with Gasteiger partial charge in [-0.1, -0.05) is 0 Å². The Labute approximate surface area is 89.4 Å². The van der Waals surface area contributed by atoms with Crippen LogP contribution >= 0.6 is 0 Å². The monoisotopic (exact) mass is 230 g/mol. The molecule has 84 valence electrons. The Morgan fingerprint density at radius 1 is 1.40 bits per heavy atom. The van der Waals surface area contributed by atoms with Crippen molar-refractivity contribution in [1.82, 2.24) is 0 Å². The maximum absolute atomic E-state index is 11.3. The van der Waals surface area contributed by atoms with E-state index in [4.69, 9.17) is 9.84 Å². The molecule has 0 bridgehead atoms. The fourth-order valence-electron chi connectivity index (χ4n) is 1.30. The largest absolute Gasteiger partial charge is 0.496 e. The minimum Gasteiger partial charge on any atom is -0.496 e. The van der Waals surface area contributed by atoms with Crippen LogP contribution in [-0.2, 0) is 16.3 Å². The first kappa shape index (κ1) is 12.0. The highest BCUT2D eigenvalue weighted by molar-refractivity contribution is 7.90. The lowest BCUT2D eigenvalue weighted by Gasteiger charge is -2.08. The molecule has 0 amide bonds. The Kier molecular flexibility index (Phi) is 3.71. The fraction of sp³-hybridized carbons (Fsp3) is 0.400. The Balaban J connectivity index is 3.22. The number of hydrogen-bond acceptors (Lipinski definition) is 4. The number of rotatable bonds is 4. The third kappa shape index (κ3) is 2.94. The van der Waals surface area contributed by atoms with E-state index in [0.29, 0.717) is 17.7 Å². The first-order chi connectivity index (χ1) is 6.99. The minimum atomic E-state index is -3.21. The standard InChI is InChI=1S/C10H14O4S/c1-14-10-4-3-9(15(2,12)13)7-8(10)5-6-11/h3-4,7,11H,5-6H2,1-2H3. The highest BCUT2D eigenvalue weighted by Crippen LogP contribution is 2.22. The zero-order chi connectivity index (χ0) is 11.5. The van der Waals surface area contributed by atoms with Crippen LogP contribution in [0.25, 0.3) is 0 Å². The van der Waals surface area contributed by atoms with E-state index in [0.717, 1.165) is 6.26 Å². The van der Waals surface area contributed by atoms with Gasteiger partial charge >= 0.3 is 0 Å². The van der Waals surface area contributed by atoms with E-state index in [1.165, 1.54) is 19.2 Å². The predicted molar refractivity (Wildman–Crippen MR) is 56.9 cm³/mol. The summed E-state index contributed by atoms with van der Waals surface area (Å²) in [7, 11) is -1.70. The van der Waals surface area contributed by atoms with Crippen LogP contribution in [0.5, 0.6) is 5.75 Å². The normalized spacial score (nSPS) is 11.4. The number of benzene rings is 1. The van der Waals surface area contributed by atoms with E-state index in [2.05, 4.69) is 0 Å². The average Bonchev–Trinajstić information content (AvgIpc) is 2.17. The molecule has 0 saturated carbocycles. The van der Waals surface area contributed by atoms with E-state index >= 15 is 0 Å². The van der Waals surface area contributed by atoms with Gasteiger partial charge in [-0.3, -0.25) is 0 Å². The number of methoxy groups -OCH3 is 1. The number of aliphatic hydroxyl groups excluding tert-OH is 1. The van der Waals surface area contributed by atoms with Crippen molar-refractivity contribution in [3.05, 3.63) is 23.8 Å². The third-order valence-electron chi connectivity index (χ3n) is 2.06. The van der Waals surface area contributed by atoms with Crippen LogP contribution < -0.4 is 4.74 Å². The van der Waals surface area contributed by atoms with E-state index in [9.17, 15) is 8.42 Å². The van der Waals surface area contributed by atoms with Gasteiger partial charge in [0.2, 0.25) is 0 Å². The summed E-state index contributed by atoms with van der Waals surface area (Å²) in [5, 5.41) is 8.83. The molecule has 0 spiro atoms. The van der Waals surface area contributed by atoms with Gasteiger partial charge in [-0.15, -0.1) is 0 Å². The second kappa shape index (κ2) is 4.63. The Morgan fingerprint density at radius 2 is 2.07 bits per heavy atom. The molecule has 0 atom stereocenters. The zero-order valence-electron chi connectivity index (χ0n) is 8.73. The smallest absolute Gasteiger partial charge is 0.175 e. The number of ether oxygens (including phenoxy) is 1. The molecule has 0 heterocycles. The fourth-order valence-corrected chi connectivity index (χ4v) is 1.97. The molecule has 5 heteroatoms. The van der Waals surface area contributed by atoms with Crippen molar-refractivity contribution >= 4 is 9.84 Å². The van der Waals surface area contributed by atoms with Gasteiger partial charge in [-0.25, -0.2) is 8.42 Å². The van der Waals surface area contributed by atoms with E-state index < -0.39 is 9.84 Å². The summed E-state index contributed by atoms with van der Waals surface area (Å²) in [6.45, 7) is -0.0381. The lowest BCUT2D eigenvalue weighted by atomic mass is 10.1. The van der Waals surface area contributed by atoms with Crippen LogP contribution in [0, 0.1) is 0 Å². The van der Waals surface area contributed by atoms with Crippen molar-refractivity contribution < 1.29 is 18.3 Å². The van der Waals surface area contributed by atoms with Gasteiger partial charge in [-0.05, 0) is 30.2 Å². The molecule has 4 nitrogen and oxygen atoms in total. The Bertz CT molecular complexity index is 437. The first-order valence-corrected chi connectivity index (χ1v) is 6.36. The van der Waals surface area contributed by atoms with Gasteiger partial charge in [0, 0.05) is 12.9 Å². The maximum Gasteiger partial charge on any atom is 0.175 e. The molecule has 0 aliphatic carbocycles. The molecule has 0 aliphatic rings. The van der Waals surface area contributed by atoms with Crippen molar-refractivity contribution in [2.75, 3.05) is 20.0 Å². The van der Waals surface area contributed by atoms with E-state index in [1.807, 2.05) is 0 Å². The van der Waals surface area contributed by atoms with Crippen LogP contribution in [-0.4, -0.2) is 33.5 Å². The van der Waals surface area contributed by atoms with Gasteiger partial charge in [0.15, 0.2) is 9.84 Å². The first-order valence-electron chi connectivity index (χ1n) is 4.47. The van der Waals surface area contributed by atoms with Crippen molar-refractivity contribution in [1.29, 1.82) is 0 Å². The van der Waals surface area contributed by atoms with Crippen molar-refractivity contribution in [2.24, 2.45) is 0 Å². The summed E-state index contributed by atoms with van der Waals surface area (Å²) in [6.07, 6.45) is 1.53. The van der Waals surface area contributed by atoms with Crippen LogP contribution in [0.4, 0.5) is 0 Å². The van der Waals surface area contributed by atoms with Crippen LogP contribution in [0.1, 0.15) is 5.56 Å². The summed E-state index contributed by atoms with van der Waals surface area (Å²) in [5.41, 5.74) is 0.697. The summed E-state index contributed by atoms with van der Waals surface area (Å²) in [5.74, 6) is 0.594. The maximum atomic E-state index is 11.3. The molecule has 0 aromatic heterocycles. The average molecular weight is 230 g/mol. The van der Waals surface area contributed by atoms with Crippen molar-refractivity contribution in [3.8, 4) is 5.75 Å². The Morgan fingerprint density at radius 3 is 2.53 bits per heavy atom. The molecular weight excluding hydrogens is 216 g/mol. The number of sulfone groups is 1. The van der Waals surface area contributed by atoms with Gasteiger partial charge in [0.1, 0.15) is 5.75 Å². The lowest BCUT2D eigenvalue weighted by Crippen LogP contribution is -2.01. The van der Waals surface area contributed by atoms with Crippen molar-refractivity contribution in [2.45, 2.75) is 11.3 Å². The van der Waals surface area contributed by atoms with E-state index in [1.54, 1.807) is 6.07 Å². The molecule has 15 heavy (non-hydrogen) atoms. The van der Waals surface area contributed by atoms with Crippen LogP contribution in [0.3, 0.4) is 0 Å². The molecule has 0 radical (unpaired) electrons. The zero-order valence-corrected chi connectivity index (χ0v) is 9.54. The van der Waals surface area contributed by atoms with Gasteiger partial charge in [0.25, 0.3) is 0 Å². The molecule has 1 rings (SSSR count). The number of aliphatic hydroxyl groups is 1. The topological polar surface area (TPSA) is 63.6 Å². The van der Waals surface area contributed by atoms with Gasteiger partial charge < -0.3 is 9.84 Å². The molecule has 0 saturated heterocycles. The second-order valence-electron chi connectivity index (χ2n) is 3.22. The molecule has 0 unspecified atom stereocenters. The van der Waals surface area contributed by atoms with Crippen LogP contribution in [0.2, 0.25) is 0 Å². The van der Waals surface area contributed by atoms with Crippen molar-refractivity contribution in [3.63, 3.8) is 0 Å². The molecule has 1 N–H and O–H groups in total. The summed E-state index contributed by atoms with van der Waals surface area (Å²) >= 11 is 0. The highest BCUT2D eigenvalue weighted by atomic mass is 32.2. The van der Waals surface area contributed by atoms with Crippen LogP contribution in [0.15, 0.2) is 23.1 Å². The predicted octanol–water partition coefficient (Wildman–Crippen LogP) is 0.633. The summed E-state index contributed by atoms with van der Waals surface area (Å²) < 4.78 is 27.6. The molecule has 0 aliphatic heterocycles. The quantitative estimate of drug-likeness (QED) is 0.824. The molecule has 1 aromatic rings. The van der Waals surface area contributed by atoms with Gasteiger partial charge in [0.05, 0.1) is 12.0 Å². The lowest BCUT2D eigenvalue weighted by molar-refractivity contribution is 0.296. The summed E-state index contributed by atoms with van der Waals surface area (Å²) in [6, 6.07) is 4.63. The second-order valence-corrected chi connectivity index (χ2v) is 5.24. The van der Waals surface area contributed by atoms with Gasteiger partial charge in [-0.2, -0.15) is 0 Å². The highest BCUT2D eigenvalue weighted by Gasteiger charge is 2.10. The molecular formula is C10H14O4S. The SMILES string of the molecule is COc1ccc(S(C)(=O)=O)cc1CCO. The minimum absolute atomic E-state index is 0.0381.